The van der Waals surface area contributed by atoms with Crippen molar-refractivity contribution >= 4 is 23.3 Å². The number of likely N-dealkylation sites (tertiary alicyclic amines) is 1. The molecule has 8 heteroatoms. The van der Waals surface area contributed by atoms with Gasteiger partial charge in [0.1, 0.15) is 5.82 Å². The number of amides is 3. The van der Waals surface area contributed by atoms with Crippen LogP contribution in [0.5, 0.6) is 0 Å². The van der Waals surface area contributed by atoms with Gasteiger partial charge in [0.2, 0.25) is 5.91 Å². The molecular weight excluding hydrogens is 433 g/mol. The first kappa shape index (κ1) is 24.0. The summed E-state index contributed by atoms with van der Waals surface area (Å²) in [5, 5.41) is 5.85. The van der Waals surface area contributed by atoms with Crippen molar-refractivity contribution in [2.75, 3.05) is 56.0 Å². The second kappa shape index (κ2) is 11.8. The highest BCUT2D eigenvalue weighted by Crippen LogP contribution is 2.19. The van der Waals surface area contributed by atoms with Gasteiger partial charge >= 0.3 is 6.03 Å². The highest BCUT2D eigenvalue weighted by atomic mass is 19.1. The standard InChI is InChI=1S/C26H34FN5O2/c27-21-9-11-23(12-10-21)31-16-18-32(19-17-31)25(33)13-15-30-14-5-4-8-24(30)20-28-26(34)29-22-6-2-1-3-7-22/h1-3,6-7,9-12,24H,4-5,8,13-20H2,(H2,28,29,34). The number of urea groups is 1. The lowest BCUT2D eigenvalue weighted by Gasteiger charge is -2.38. The Labute approximate surface area is 200 Å². The Kier molecular flexibility index (Phi) is 8.36. The Morgan fingerprint density at radius 1 is 0.912 bits per heavy atom. The minimum absolute atomic E-state index is 0.179. The number of rotatable bonds is 7. The van der Waals surface area contributed by atoms with Gasteiger partial charge in [-0.25, -0.2) is 9.18 Å². The summed E-state index contributed by atoms with van der Waals surface area (Å²) in [5.74, 6) is -0.0570. The zero-order chi connectivity index (χ0) is 23.8. The summed E-state index contributed by atoms with van der Waals surface area (Å²) < 4.78 is 13.2. The van der Waals surface area contributed by atoms with Gasteiger partial charge < -0.3 is 20.4 Å². The quantitative estimate of drug-likeness (QED) is 0.654. The molecule has 2 fully saturated rings. The molecule has 2 N–H and O–H groups in total. The zero-order valence-electron chi connectivity index (χ0n) is 19.6. The molecule has 182 valence electrons. The number of piperazine rings is 1. The van der Waals surface area contributed by atoms with E-state index >= 15 is 0 Å². The average Bonchev–Trinajstić information content (AvgIpc) is 2.88. The fourth-order valence-corrected chi connectivity index (χ4v) is 4.76. The third kappa shape index (κ3) is 6.70. The molecule has 7 nitrogen and oxygen atoms in total. The Balaban J connectivity index is 1.19. The van der Waals surface area contributed by atoms with Crippen LogP contribution in [-0.4, -0.2) is 73.6 Å². The molecule has 0 radical (unpaired) electrons. The number of hydrogen-bond acceptors (Lipinski definition) is 4. The minimum atomic E-state index is -0.236. The Morgan fingerprint density at radius 3 is 2.38 bits per heavy atom. The molecule has 34 heavy (non-hydrogen) atoms. The fourth-order valence-electron chi connectivity index (χ4n) is 4.76. The highest BCUT2D eigenvalue weighted by molar-refractivity contribution is 5.89. The Bertz CT molecular complexity index is 932. The van der Waals surface area contributed by atoms with Crippen molar-refractivity contribution in [3.8, 4) is 0 Å². The largest absolute Gasteiger partial charge is 0.368 e. The van der Waals surface area contributed by atoms with E-state index in [0.29, 0.717) is 32.6 Å². The van der Waals surface area contributed by atoms with E-state index in [1.54, 1.807) is 12.1 Å². The summed E-state index contributed by atoms with van der Waals surface area (Å²) in [7, 11) is 0. The molecule has 2 aliphatic heterocycles. The van der Waals surface area contributed by atoms with Gasteiger partial charge in [0, 0.05) is 63.1 Å². The predicted molar refractivity (Wildman–Crippen MR) is 132 cm³/mol. The topological polar surface area (TPSA) is 67.9 Å². The molecule has 0 spiro atoms. The smallest absolute Gasteiger partial charge is 0.319 e. The first-order chi connectivity index (χ1) is 16.6. The van der Waals surface area contributed by atoms with Crippen LogP contribution < -0.4 is 15.5 Å². The van der Waals surface area contributed by atoms with Gasteiger partial charge in [-0.3, -0.25) is 9.69 Å². The first-order valence-corrected chi connectivity index (χ1v) is 12.2. The van der Waals surface area contributed by atoms with E-state index in [4.69, 9.17) is 0 Å². The van der Waals surface area contributed by atoms with Crippen LogP contribution in [0.15, 0.2) is 54.6 Å². The van der Waals surface area contributed by atoms with Gasteiger partial charge in [-0.1, -0.05) is 24.6 Å². The molecule has 3 amide bonds. The van der Waals surface area contributed by atoms with E-state index in [1.807, 2.05) is 35.2 Å². The summed E-state index contributed by atoms with van der Waals surface area (Å²) in [6.07, 6.45) is 3.78. The average molecular weight is 468 g/mol. The first-order valence-electron chi connectivity index (χ1n) is 12.2. The van der Waals surface area contributed by atoms with Crippen molar-refractivity contribution in [3.63, 3.8) is 0 Å². The van der Waals surface area contributed by atoms with Crippen LogP contribution in [0.4, 0.5) is 20.6 Å². The van der Waals surface area contributed by atoms with Crippen molar-refractivity contribution < 1.29 is 14.0 Å². The van der Waals surface area contributed by atoms with Crippen LogP contribution in [0, 0.1) is 5.82 Å². The molecule has 0 aromatic heterocycles. The molecule has 2 aromatic rings. The van der Waals surface area contributed by atoms with Gasteiger partial charge in [-0.15, -0.1) is 0 Å². The monoisotopic (exact) mass is 467 g/mol. The lowest BCUT2D eigenvalue weighted by molar-refractivity contribution is -0.132. The number of benzene rings is 2. The number of carbonyl (C=O) groups is 2. The molecule has 1 unspecified atom stereocenters. The van der Waals surface area contributed by atoms with Gasteiger partial charge in [-0.2, -0.15) is 0 Å². The van der Waals surface area contributed by atoms with Crippen LogP contribution in [-0.2, 0) is 4.79 Å². The summed E-state index contributed by atoms with van der Waals surface area (Å²) in [4.78, 5) is 31.6. The van der Waals surface area contributed by atoms with E-state index in [9.17, 15) is 14.0 Å². The number of carbonyl (C=O) groups excluding carboxylic acids is 2. The maximum Gasteiger partial charge on any atom is 0.319 e. The molecular formula is C26H34FN5O2. The van der Waals surface area contributed by atoms with Crippen molar-refractivity contribution in [3.05, 3.63) is 60.4 Å². The molecule has 0 aliphatic carbocycles. The maximum absolute atomic E-state index is 13.2. The second-order valence-electron chi connectivity index (χ2n) is 8.98. The van der Waals surface area contributed by atoms with E-state index in [0.717, 1.165) is 50.3 Å². The van der Waals surface area contributed by atoms with Crippen molar-refractivity contribution in [1.29, 1.82) is 0 Å². The normalized spacial score (nSPS) is 19.0. The number of piperidine rings is 1. The molecule has 0 saturated carbocycles. The molecule has 1 atom stereocenters. The van der Waals surface area contributed by atoms with Gasteiger partial charge in [0.25, 0.3) is 0 Å². The lowest BCUT2D eigenvalue weighted by atomic mass is 10.0. The molecule has 2 saturated heterocycles. The summed E-state index contributed by atoms with van der Waals surface area (Å²) in [6.45, 7) is 5.11. The Hall–Kier alpha value is -3.13. The summed E-state index contributed by atoms with van der Waals surface area (Å²) in [6, 6.07) is 16.0. The molecule has 4 rings (SSSR count). The number of hydrogen-bond donors (Lipinski definition) is 2. The van der Waals surface area contributed by atoms with Crippen molar-refractivity contribution in [2.45, 2.75) is 31.7 Å². The van der Waals surface area contributed by atoms with Crippen molar-refractivity contribution in [2.24, 2.45) is 0 Å². The summed E-state index contributed by atoms with van der Waals surface area (Å²) >= 11 is 0. The molecule has 2 aliphatic rings. The maximum atomic E-state index is 13.2. The van der Waals surface area contributed by atoms with Gasteiger partial charge in [-0.05, 0) is 55.8 Å². The zero-order valence-corrected chi connectivity index (χ0v) is 19.6. The number of para-hydroxylation sites is 1. The number of halogens is 1. The van der Waals surface area contributed by atoms with Crippen LogP contribution in [0.25, 0.3) is 0 Å². The Morgan fingerprint density at radius 2 is 1.65 bits per heavy atom. The van der Waals surface area contributed by atoms with Crippen LogP contribution in [0.3, 0.4) is 0 Å². The minimum Gasteiger partial charge on any atom is -0.368 e. The van der Waals surface area contributed by atoms with Gasteiger partial charge in [0.15, 0.2) is 0 Å². The lowest BCUT2D eigenvalue weighted by Crippen LogP contribution is -2.51. The van der Waals surface area contributed by atoms with Gasteiger partial charge in [0.05, 0.1) is 0 Å². The SMILES string of the molecule is O=C(NCC1CCCCN1CCC(=O)N1CCN(c2ccc(F)cc2)CC1)Nc1ccccc1. The van der Waals surface area contributed by atoms with E-state index in [2.05, 4.69) is 20.4 Å². The number of nitrogens with zero attached hydrogens (tertiary/aromatic N) is 3. The number of nitrogens with one attached hydrogen (secondary N) is 2. The third-order valence-corrected chi connectivity index (χ3v) is 6.72. The van der Waals surface area contributed by atoms with E-state index in [1.165, 1.54) is 12.1 Å². The van der Waals surface area contributed by atoms with E-state index < -0.39 is 0 Å². The molecule has 2 aromatic carbocycles. The fraction of sp³-hybridized carbons (Fsp3) is 0.462. The van der Waals surface area contributed by atoms with Crippen molar-refractivity contribution in [1.82, 2.24) is 15.1 Å². The molecule has 0 bridgehead atoms. The van der Waals surface area contributed by atoms with Crippen LogP contribution >= 0.6 is 0 Å². The van der Waals surface area contributed by atoms with E-state index in [-0.39, 0.29) is 23.8 Å². The van der Waals surface area contributed by atoms with Crippen LogP contribution in [0.2, 0.25) is 0 Å². The number of anilines is 2. The van der Waals surface area contributed by atoms with Crippen LogP contribution in [0.1, 0.15) is 25.7 Å². The molecule has 2 heterocycles. The predicted octanol–water partition coefficient (Wildman–Crippen LogP) is 3.54. The third-order valence-electron chi connectivity index (χ3n) is 6.72. The highest BCUT2D eigenvalue weighted by Gasteiger charge is 2.26. The second-order valence-corrected chi connectivity index (χ2v) is 8.98. The summed E-state index contributed by atoms with van der Waals surface area (Å²) in [5.41, 5.74) is 1.76.